The summed E-state index contributed by atoms with van der Waals surface area (Å²) in [5.41, 5.74) is 5.68. The molecule has 1 saturated heterocycles. The highest BCUT2D eigenvalue weighted by Crippen LogP contribution is 2.07. The van der Waals surface area contributed by atoms with E-state index >= 15 is 0 Å². The van der Waals surface area contributed by atoms with Crippen LogP contribution in [0.25, 0.3) is 0 Å². The van der Waals surface area contributed by atoms with Gasteiger partial charge in [0.1, 0.15) is 0 Å². The Hall–Kier alpha value is -0.980. The molecule has 0 radical (unpaired) electrons. The summed E-state index contributed by atoms with van der Waals surface area (Å²) in [4.78, 5) is 9.04. The maximum Gasteiger partial charge on any atom is 0.227 e. The van der Waals surface area contributed by atoms with E-state index in [0.717, 1.165) is 39.1 Å². The summed E-state index contributed by atoms with van der Waals surface area (Å²) >= 11 is 0. The predicted molar refractivity (Wildman–Crippen MR) is 64.5 cm³/mol. The first-order valence-corrected chi connectivity index (χ1v) is 6.14. The summed E-state index contributed by atoms with van der Waals surface area (Å²) in [6.07, 6.45) is 0.809. The molecule has 6 nitrogen and oxygen atoms in total. The number of piperazine rings is 1. The van der Waals surface area contributed by atoms with Crippen molar-refractivity contribution in [2.75, 3.05) is 39.8 Å². The van der Waals surface area contributed by atoms with Crippen molar-refractivity contribution >= 4 is 0 Å². The Labute approximate surface area is 102 Å². The van der Waals surface area contributed by atoms with Gasteiger partial charge in [-0.2, -0.15) is 4.98 Å². The highest BCUT2D eigenvalue weighted by atomic mass is 16.5. The monoisotopic (exact) mass is 239 g/mol. The van der Waals surface area contributed by atoms with E-state index in [1.54, 1.807) is 0 Å². The minimum absolute atomic E-state index is 0.156. The van der Waals surface area contributed by atoms with E-state index in [9.17, 15) is 0 Å². The predicted octanol–water partition coefficient (Wildman–Crippen LogP) is -0.121. The van der Waals surface area contributed by atoms with Crippen molar-refractivity contribution in [3.8, 4) is 0 Å². The minimum atomic E-state index is -0.156. The fourth-order valence-corrected chi connectivity index (χ4v) is 1.88. The molecule has 1 aliphatic rings. The molecule has 2 N–H and O–H groups in total. The van der Waals surface area contributed by atoms with Crippen LogP contribution >= 0.6 is 0 Å². The molecule has 0 spiro atoms. The maximum absolute atomic E-state index is 5.68. The van der Waals surface area contributed by atoms with Crippen LogP contribution in [0.1, 0.15) is 24.7 Å². The van der Waals surface area contributed by atoms with Crippen molar-refractivity contribution in [3.63, 3.8) is 0 Å². The van der Waals surface area contributed by atoms with Gasteiger partial charge in [-0.25, -0.2) is 0 Å². The molecule has 1 unspecified atom stereocenters. The number of likely N-dealkylation sites (N-methyl/N-ethyl adjacent to an activating group) is 1. The molecule has 2 rings (SSSR count). The molecule has 1 fully saturated rings. The van der Waals surface area contributed by atoms with Crippen molar-refractivity contribution < 1.29 is 4.52 Å². The normalized spacial score (nSPS) is 20.6. The van der Waals surface area contributed by atoms with Crippen molar-refractivity contribution in [2.24, 2.45) is 5.73 Å². The number of nitrogens with two attached hydrogens (primary N) is 1. The van der Waals surface area contributed by atoms with Gasteiger partial charge in [0.15, 0.2) is 5.82 Å². The second kappa shape index (κ2) is 5.57. The van der Waals surface area contributed by atoms with E-state index in [-0.39, 0.29) is 6.04 Å². The lowest BCUT2D eigenvalue weighted by Crippen LogP contribution is -2.45. The molecule has 0 saturated carbocycles. The van der Waals surface area contributed by atoms with Gasteiger partial charge in [-0.05, 0) is 14.0 Å². The van der Waals surface area contributed by atoms with E-state index in [0.29, 0.717) is 11.7 Å². The van der Waals surface area contributed by atoms with E-state index in [1.807, 2.05) is 6.92 Å². The first-order valence-electron chi connectivity index (χ1n) is 6.14. The Bertz CT molecular complexity index is 343. The van der Waals surface area contributed by atoms with Crippen molar-refractivity contribution in [2.45, 2.75) is 19.4 Å². The van der Waals surface area contributed by atoms with Crippen LogP contribution in [0, 0.1) is 0 Å². The zero-order chi connectivity index (χ0) is 12.3. The van der Waals surface area contributed by atoms with Gasteiger partial charge >= 0.3 is 0 Å². The molecule has 1 aliphatic heterocycles. The van der Waals surface area contributed by atoms with Crippen LogP contribution in [-0.2, 0) is 6.42 Å². The zero-order valence-corrected chi connectivity index (χ0v) is 10.6. The molecule has 1 aromatic rings. The lowest BCUT2D eigenvalue weighted by molar-refractivity contribution is 0.152. The third-order valence-corrected chi connectivity index (χ3v) is 3.13. The fraction of sp³-hybridized carbons (Fsp3) is 0.818. The summed E-state index contributed by atoms with van der Waals surface area (Å²) in [7, 11) is 2.16. The second-order valence-electron chi connectivity index (χ2n) is 4.73. The van der Waals surface area contributed by atoms with Crippen molar-refractivity contribution in [1.82, 2.24) is 19.9 Å². The van der Waals surface area contributed by atoms with Gasteiger partial charge < -0.3 is 20.1 Å². The van der Waals surface area contributed by atoms with Crippen molar-refractivity contribution in [1.29, 1.82) is 0 Å². The Kier molecular flexibility index (Phi) is 4.09. The molecule has 0 bridgehead atoms. The Balaban J connectivity index is 1.77. The second-order valence-corrected chi connectivity index (χ2v) is 4.73. The summed E-state index contributed by atoms with van der Waals surface area (Å²) in [6.45, 7) is 7.34. The average molecular weight is 239 g/mol. The van der Waals surface area contributed by atoms with Crippen LogP contribution in [0.3, 0.4) is 0 Å². The van der Waals surface area contributed by atoms with Gasteiger partial charge in [0.05, 0.1) is 6.04 Å². The lowest BCUT2D eigenvalue weighted by atomic mass is 10.3. The summed E-state index contributed by atoms with van der Waals surface area (Å²) < 4.78 is 5.16. The average Bonchev–Trinajstić information content (AvgIpc) is 2.77. The smallest absolute Gasteiger partial charge is 0.227 e. The molecule has 96 valence electrons. The molecule has 0 aliphatic carbocycles. The van der Waals surface area contributed by atoms with Crippen LogP contribution in [0.2, 0.25) is 0 Å². The Morgan fingerprint density at radius 3 is 2.65 bits per heavy atom. The summed E-state index contributed by atoms with van der Waals surface area (Å²) in [5.74, 6) is 1.29. The minimum Gasteiger partial charge on any atom is -0.339 e. The molecule has 17 heavy (non-hydrogen) atoms. The number of hydrogen-bond donors (Lipinski definition) is 1. The molecule has 0 amide bonds. The SMILES string of the molecule is CC(N)c1noc(CCN2CCN(C)CC2)n1. The van der Waals surface area contributed by atoms with Gasteiger partial charge in [0.25, 0.3) is 0 Å². The quantitative estimate of drug-likeness (QED) is 0.790. The highest BCUT2D eigenvalue weighted by Gasteiger charge is 2.15. The van der Waals surface area contributed by atoms with E-state index in [1.165, 1.54) is 0 Å². The largest absolute Gasteiger partial charge is 0.339 e. The topological polar surface area (TPSA) is 71.4 Å². The molecule has 2 heterocycles. The van der Waals surface area contributed by atoms with Gasteiger partial charge in [-0.15, -0.1) is 0 Å². The first-order chi connectivity index (χ1) is 8.15. The van der Waals surface area contributed by atoms with Crippen LogP contribution in [0.4, 0.5) is 0 Å². The number of nitrogens with zero attached hydrogens (tertiary/aromatic N) is 4. The van der Waals surface area contributed by atoms with Gasteiger partial charge in [0, 0.05) is 39.1 Å². The van der Waals surface area contributed by atoms with E-state index in [2.05, 4.69) is 27.0 Å². The molecule has 0 aromatic carbocycles. The molecule has 1 atom stereocenters. The molecular formula is C11H21N5O. The molecule has 1 aromatic heterocycles. The van der Waals surface area contributed by atoms with Gasteiger partial charge in [-0.1, -0.05) is 5.16 Å². The van der Waals surface area contributed by atoms with Crippen molar-refractivity contribution in [3.05, 3.63) is 11.7 Å². The van der Waals surface area contributed by atoms with Crippen LogP contribution in [-0.4, -0.2) is 59.7 Å². The number of hydrogen-bond acceptors (Lipinski definition) is 6. The highest BCUT2D eigenvalue weighted by molar-refractivity contribution is 4.91. The third kappa shape index (κ3) is 3.49. The Morgan fingerprint density at radius 1 is 1.35 bits per heavy atom. The first kappa shape index (κ1) is 12.5. The fourth-order valence-electron chi connectivity index (χ4n) is 1.88. The molecule has 6 heteroatoms. The lowest BCUT2D eigenvalue weighted by Gasteiger charge is -2.31. The Morgan fingerprint density at radius 2 is 2.06 bits per heavy atom. The standard InChI is InChI=1S/C11H21N5O/c1-9(12)11-13-10(17-14-11)3-4-16-7-5-15(2)6-8-16/h9H,3-8,12H2,1-2H3. The maximum atomic E-state index is 5.68. The third-order valence-electron chi connectivity index (χ3n) is 3.13. The van der Waals surface area contributed by atoms with Gasteiger partial charge in [-0.3, -0.25) is 0 Å². The number of rotatable bonds is 4. The zero-order valence-electron chi connectivity index (χ0n) is 10.6. The number of aromatic nitrogens is 2. The van der Waals surface area contributed by atoms with Crippen LogP contribution in [0.5, 0.6) is 0 Å². The van der Waals surface area contributed by atoms with Crippen LogP contribution < -0.4 is 5.73 Å². The van der Waals surface area contributed by atoms with Gasteiger partial charge in [0.2, 0.25) is 5.89 Å². The van der Waals surface area contributed by atoms with Crippen LogP contribution in [0.15, 0.2) is 4.52 Å². The summed E-state index contributed by atoms with van der Waals surface area (Å²) in [6, 6.07) is -0.156. The molecular weight excluding hydrogens is 218 g/mol. The van der Waals surface area contributed by atoms with E-state index < -0.39 is 0 Å². The van der Waals surface area contributed by atoms with E-state index in [4.69, 9.17) is 10.3 Å². The summed E-state index contributed by atoms with van der Waals surface area (Å²) in [5, 5.41) is 3.85.